The van der Waals surface area contributed by atoms with Gasteiger partial charge in [-0.25, -0.2) is 0 Å². The molecule has 0 saturated carbocycles. The minimum absolute atomic E-state index is 0.0116. The van der Waals surface area contributed by atoms with Crippen molar-refractivity contribution in [2.24, 2.45) is 5.73 Å². The highest BCUT2D eigenvalue weighted by Crippen LogP contribution is 2.25. The summed E-state index contributed by atoms with van der Waals surface area (Å²) in [6.45, 7) is 4.27. The summed E-state index contributed by atoms with van der Waals surface area (Å²) in [6.07, 6.45) is 1.90. The number of H-pyrrole nitrogens is 1. The molecule has 0 bridgehead atoms. The van der Waals surface area contributed by atoms with Crippen LogP contribution in [-0.4, -0.2) is 29.5 Å². The van der Waals surface area contributed by atoms with Crippen molar-refractivity contribution in [3.63, 3.8) is 0 Å². The molecule has 0 saturated heterocycles. The molecular weight excluding hydrogens is 162 g/mol. The lowest BCUT2D eigenvalue weighted by Crippen LogP contribution is -2.47. The van der Waals surface area contributed by atoms with Crippen LogP contribution in [0.1, 0.15) is 25.6 Å². The van der Waals surface area contributed by atoms with Gasteiger partial charge < -0.3 is 15.6 Å². The van der Waals surface area contributed by atoms with E-state index in [2.05, 4.69) is 23.7 Å². The first-order chi connectivity index (χ1) is 5.96. The molecule has 1 heterocycles. The molecule has 3 nitrogen and oxygen atoms in total. The largest absolute Gasteiger partial charge is 0.364 e. The summed E-state index contributed by atoms with van der Waals surface area (Å²) in [7, 11) is 4.09. The van der Waals surface area contributed by atoms with Crippen LogP contribution in [-0.2, 0) is 0 Å². The molecule has 1 aromatic rings. The maximum atomic E-state index is 6.15. The van der Waals surface area contributed by atoms with E-state index in [1.54, 1.807) is 0 Å². The fourth-order valence-electron chi connectivity index (χ4n) is 1.20. The predicted molar refractivity (Wildman–Crippen MR) is 55.5 cm³/mol. The second kappa shape index (κ2) is 3.52. The molecule has 0 aliphatic rings. The zero-order chi connectivity index (χ0) is 10.1. The SMILES string of the molecule is CN(C)C(C)(C)C(N)c1ccc[nH]1. The van der Waals surface area contributed by atoms with Crippen LogP contribution in [0.5, 0.6) is 0 Å². The topological polar surface area (TPSA) is 45.0 Å². The molecule has 0 fully saturated rings. The molecular formula is C10H19N3. The Morgan fingerprint density at radius 3 is 2.46 bits per heavy atom. The van der Waals surface area contributed by atoms with Gasteiger partial charge in [0, 0.05) is 17.4 Å². The maximum Gasteiger partial charge on any atom is 0.0629 e. The third-order valence-corrected chi connectivity index (χ3v) is 2.87. The van der Waals surface area contributed by atoms with E-state index in [9.17, 15) is 0 Å². The quantitative estimate of drug-likeness (QED) is 0.739. The standard InChI is InChI=1S/C10H19N3/c1-10(2,13(3)4)9(11)8-6-5-7-12-8/h5-7,9,12H,11H2,1-4H3. The first kappa shape index (κ1) is 10.3. The average molecular weight is 181 g/mol. The van der Waals surface area contributed by atoms with Gasteiger partial charge >= 0.3 is 0 Å². The van der Waals surface area contributed by atoms with E-state index in [1.807, 2.05) is 32.4 Å². The van der Waals surface area contributed by atoms with E-state index < -0.39 is 0 Å². The van der Waals surface area contributed by atoms with Gasteiger partial charge in [-0.05, 0) is 40.1 Å². The van der Waals surface area contributed by atoms with Gasteiger partial charge in [-0.1, -0.05) is 0 Å². The number of aromatic nitrogens is 1. The molecule has 0 spiro atoms. The average Bonchev–Trinajstić information content (AvgIpc) is 2.54. The summed E-state index contributed by atoms with van der Waals surface area (Å²) >= 11 is 0. The Kier molecular flexibility index (Phi) is 2.78. The van der Waals surface area contributed by atoms with Crippen molar-refractivity contribution >= 4 is 0 Å². The minimum Gasteiger partial charge on any atom is -0.364 e. The second-order valence-electron chi connectivity index (χ2n) is 4.15. The van der Waals surface area contributed by atoms with E-state index in [1.165, 1.54) is 0 Å². The Labute approximate surface area is 79.9 Å². The summed E-state index contributed by atoms with van der Waals surface area (Å²) in [5.74, 6) is 0. The van der Waals surface area contributed by atoms with E-state index in [0.717, 1.165) is 5.69 Å². The van der Waals surface area contributed by atoms with Crippen molar-refractivity contribution in [3.8, 4) is 0 Å². The van der Waals surface area contributed by atoms with Gasteiger partial charge in [0.2, 0.25) is 0 Å². The van der Waals surface area contributed by atoms with E-state index in [0.29, 0.717) is 0 Å². The summed E-state index contributed by atoms with van der Waals surface area (Å²) in [5, 5.41) is 0. The highest BCUT2D eigenvalue weighted by atomic mass is 15.2. The van der Waals surface area contributed by atoms with Crippen molar-refractivity contribution in [2.45, 2.75) is 25.4 Å². The summed E-state index contributed by atoms with van der Waals surface area (Å²) in [4.78, 5) is 5.28. The molecule has 3 heteroatoms. The highest BCUT2D eigenvalue weighted by Gasteiger charge is 2.30. The number of rotatable bonds is 3. The first-order valence-corrected chi connectivity index (χ1v) is 4.52. The van der Waals surface area contributed by atoms with Crippen LogP contribution in [0.3, 0.4) is 0 Å². The van der Waals surface area contributed by atoms with Gasteiger partial charge in [-0.15, -0.1) is 0 Å². The Balaban J connectivity index is 2.84. The molecule has 1 aromatic heterocycles. The number of aromatic amines is 1. The van der Waals surface area contributed by atoms with E-state index in [-0.39, 0.29) is 11.6 Å². The van der Waals surface area contributed by atoms with Crippen molar-refractivity contribution < 1.29 is 0 Å². The van der Waals surface area contributed by atoms with Crippen LogP contribution in [0.25, 0.3) is 0 Å². The van der Waals surface area contributed by atoms with Gasteiger partial charge in [-0.3, -0.25) is 0 Å². The Bertz CT molecular complexity index is 249. The number of nitrogens with one attached hydrogen (secondary N) is 1. The molecule has 0 aliphatic carbocycles. The predicted octanol–water partition coefficient (Wildman–Crippen LogP) is 1.35. The van der Waals surface area contributed by atoms with Crippen LogP contribution in [0.4, 0.5) is 0 Å². The van der Waals surface area contributed by atoms with Crippen LogP contribution in [0.15, 0.2) is 18.3 Å². The van der Waals surface area contributed by atoms with E-state index in [4.69, 9.17) is 5.73 Å². The lowest BCUT2D eigenvalue weighted by Gasteiger charge is -2.37. The maximum absolute atomic E-state index is 6.15. The van der Waals surface area contributed by atoms with Crippen LogP contribution in [0.2, 0.25) is 0 Å². The lowest BCUT2D eigenvalue weighted by atomic mass is 9.91. The Morgan fingerprint density at radius 2 is 2.08 bits per heavy atom. The minimum atomic E-state index is -0.0369. The summed E-state index contributed by atoms with van der Waals surface area (Å²) < 4.78 is 0. The molecule has 0 amide bonds. The molecule has 0 aliphatic heterocycles. The molecule has 1 unspecified atom stereocenters. The van der Waals surface area contributed by atoms with Gasteiger partial charge in [-0.2, -0.15) is 0 Å². The molecule has 13 heavy (non-hydrogen) atoms. The molecule has 0 aromatic carbocycles. The molecule has 1 atom stereocenters. The van der Waals surface area contributed by atoms with Gasteiger partial charge in [0.25, 0.3) is 0 Å². The van der Waals surface area contributed by atoms with Gasteiger partial charge in [0.1, 0.15) is 0 Å². The van der Waals surface area contributed by atoms with Crippen LogP contribution in [0, 0.1) is 0 Å². The monoisotopic (exact) mass is 181 g/mol. The lowest BCUT2D eigenvalue weighted by molar-refractivity contribution is 0.157. The zero-order valence-electron chi connectivity index (χ0n) is 8.83. The fraction of sp³-hybridized carbons (Fsp3) is 0.600. The smallest absolute Gasteiger partial charge is 0.0629 e. The molecule has 0 radical (unpaired) electrons. The number of nitrogens with two attached hydrogens (primary N) is 1. The third-order valence-electron chi connectivity index (χ3n) is 2.87. The second-order valence-corrected chi connectivity index (χ2v) is 4.15. The Morgan fingerprint density at radius 1 is 1.46 bits per heavy atom. The first-order valence-electron chi connectivity index (χ1n) is 4.52. The van der Waals surface area contributed by atoms with Crippen molar-refractivity contribution in [3.05, 3.63) is 24.0 Å². The van der Waals surface area contributed by atoms with E-state index >= 15 is 0 Å². The number of likely N-dealkylation sites (N-methyl/N-ethyl adjacent to an activating group) is 1. The molecule has 1 rings (SSSR count). The van der Waals surface area contributed by atoms with Gasteiger partial charge in [0.15, 0.2) is 0 Å². The summed E-state index contributed by atoms with van der Waals surface area (Å²) in [6, 6.07) is 4.01. The molecule has 74 valence electrons. The zero-order valence-corrected chi connectivity index (χ0v) is 8.83. The highest BCUT2D eigenvalue weighted by molar-refractivity contribution is 5.13. The van der Waals surface area contributed by atoms with Crippen LogP contribution >= 0.6 is 0 Å². The number of nitrogens with zero attached hydrogens (tertiary/aromatic N) is 1. The number of hydrogen-bond acceptors (Lipinski definition) is 2. The third kappa shape index (κ3) is 1.92. The van der Waals surface area contributed by atoms with Crippen molar-refractivity contribution in [2.75, 3.05) is 14.1 Å². The van der Waals surface area contributed by atoms with Gasteiger partial charge in [0.05, 0.1) is 6.04 Å². The number of hydrogen-bond donors (Lipinski definition) is 2. The Hall–Kier alpha value is -0.800. The van der Waals surface area contributed by atoms with Crippen molar-refractivity contribution in [1.29, 1.82) is 0 Å². The van der Waals surface area contributed by atoms with Crippen LogP contribution < -0.4 is 5.73 Å². The summed E-state index contributed by atoms with van der Waals surface area (Å²) in [5.41, 5.74) is 7.19. The van der Waals surface area contributed by atoms with Crippen molar-refractivity contribution in [1.82, 2.24) is 9.88 Å². The molecule has 3 N–H and O–H groups in total. The normalized spacial score (nSPS) is 14.9. The fourth-order valence-corrected chi connectivity index (χ4v) is 1.20.